The summed E-state index contributed by atoms with van der Waals surface area (Å²) in [5, 5.41) is 8.23. The van der Waals surface area contributed by atoms with Crippen LogP contribution in [0, 0.1) is 0 Å². The Kier molecular flexibility index (Phi) is 3.97. The van der Waals surface area contributed by atoms with Crippen LogP contribution in [0.3, 0.4) is 0 Å². The molecule has 0 aromatic carbocycles. The number of carboxylic acids is 1. The normalized spacial score (nSPS) is 12.1. The molecule has 0 heterocycles. The van der Waals surface area contributed by atoms with Gasteiger partial charge in [0.15, 0.2) is 5.96 Å². The fraction of sp³-hybridized carbons (Fsp3) is 0.600. The molecule has 6 nitrogen and oxygen atoms in total. The van der Waals surface area contributed by atoms with Crippen molar-refractivity contribution in [3.8, 4) is 0 Å². The number of aliphatic imine (C=N–C) groups is 1. The number of hydrogen-bond donors (Lipinski definition) is 4. The Balaban J connectivity index is 3.61. The predicted molar refractivity (Wildman–Crippen MR) is 40.7 cm³/mol. The molecule has 0 radical (unpaired) electrons. The van der Waals surface area contributed by atoms with Crippen molar-refractivity contribution in [3.05, 3.63) is 0 Å². The molecule has 0 aromatic heterocycles. The summed E-state index contributed by atoms with van der Waals surface area (Å²) in [7, 11) is 0. The van der Waals surface area contributed by atoms with Gasteiger partial charge in [0, 0.05) is 6.42 Å². The van der Waals surface area contributed by atoms with Gasteiger partial charge in [-0.25, -0.2) is 4.99 Å². The summed E-state index contributed by atoms with van der Waals surface area (Å²) in [5.74, 6) is -1.03. The van der Waals surface area contributed by atoms with Crippen molar-refractivity contribution in [1.82, 2.24) is 0 Å². The van der Waals surface area contributed by atoms with E-state index >= 15 is 0 Å². The van der Waals surface area contributed by atoms with Crippen LogP contribution in [0.25, 0.3) is 0 Å². The fourth-order valence-corrected chi connectivity index (χ4v) is 0.527. The fourth-order valence-electron chi connectivity index (χ4n) is 0.527. The number of aliphatic carboxylic acids is 1. The topological polar surface area (TPSA) is 128 Å². The molecule has 0 aliphatic heterocycles. The van der Waals surface area contributed by atoms with Crippen molar-refractivity contribution >= 4 is 11.9 Å². The summed E-state index contributed by atoms with van der Waals surface area (Å²) in [6, 6.07) is 0. The van der Waals surface area contributed by atoms with Gasteiger partial charge in [-0.05, 0) is 6.42 Å². The SMILES string of the molecule is NC(N)=NC(N)CCC(=O)O. The first-order valence-corrected chi connectivity index (χ1v) is 3.08. The summed E-state index contributed by atoms with van der Waals surface area (Å²) >= 11 is 0. The van der Waals surface area contributed by atoms with E-state index < -0.39 is 12.1 Å². The highest BCUT2D eigenvalue weighted by atomic mass is 16.4. The third-order valence-corrected chi connectivity index (χ3v) is 0.969. The first-order chi connectivity index (χ1) is 5.02. The van der Waals surface area contributed by atoms with Gasteiger partial charge in [0.1, 0.15) is 6.17 Å². The molecule has 0 amide bonds. The summed E-state index contributed by atoms with van der Waals surface area (Å²) in [6.07, 6.45) is -0.401. The molecule has 0 saturated carbocycles. The molecule has 0 aliphatic carbocycles. The second kappa shape index (κ2) is 4.51. The van der Waals surface area contributed by atoms with Crippen LogP contribution in [0.4, 0.5) is 0 Å². The predicted octanol–water partition coefficient (Wildman–Crippen LogP) is -1.59. The van der Waals surface area contributed by atoms with Crippen molar-refractivity contribution in [2.75, 3.05) is 0 Å². The van der Waals surface area contributed by atoms with Crippen LogP contribution >= 0.6 is 0 Å². The zero-order valence-corrected chi connectivity index (χ0v) is 6.03. The van der Waals surface area contributed by atoms with Gasteiger partial charge >= 0.3 is 5.97 Å². The largest absolute Gasteiger partial charge is 0.481 e. The Hall–Kier alpha value is -1.30. The number of hydrogen-bond acceptors (Lipinski definition) is 3. The summed E-state index contributed by atoms with van der Waals surface area (Å²) in [4.78, 5) is 13.6. The lowest BCUT2D eigenvalue weighted by molar-refractivity contribution is -0.137. The maximum atomic E-state index is 10.0. The van der Waals surface area contributed by atoms with E-state index in [0.29, 0.717) is 0 Å². The standard InChI is InChI=1S/C5H12N4O2/c6-3(9-5(7)8)1-2-4(10)11/h3H,1-2,6H2,(H,10,11)(H4,7,8,9). The van der Waals surface area contributed by atoms with E-state index in [0.717, 1.165) is 0 Å². The molecule has 1 atom stereocenters. The average molecular weight is 160 g/mol. The third kappa shape index (κ3) is 6.59. The molecular weight excluding hydrogens is 148 g/mol. The molecule has 11 heavy (non-hydrogen) atoms. The molecule has 64 valence electrons. The number of nitrogens with zero attached hydrogens (tertiary/aromatic N) is 1. The van der Waals surface area contributed by atoms with Gasteiger partial charge < -0.3 is 22.3 Å². The Morgan fingerprint density at radius 3 is 2.45 bits per heavy atom. The molecule has 6 heteroatoms. The summed E-state index contributed by atoms with van der Waals surface area (Å²) < 4.78 is 0. The van der Waals surface area contributed by atoms with Gasteiger partial charge in [0.2, 0.25) is 0 Å². The first-order valence-electron chi connectivity index (χ1n) is 3.08. The third-order valence-electron chi connectivity index (χ3n) is 0.969. The van der Waals surface area contributed by atoms with Crippen LogP contribution < -0.4 is 17.2 Å². The lowest BCUT2D eigenvalue weighted by Crippen LogP contribution is -2.29. The van der Waals surface area contributed by atoms with E-state index in [-0.39, 0.29) is 18.8 Å². The van der Waals surface area contributed by atoms with Crippen molar-refractivity contribution in [2.24, 2.45) is 22.2 Å². The Morgan fingerprint density at radius 2 is 2.09 bits per heavy atom. The molecule has 0 spiro atoms. The van der Waals surface area contributed by atoms with Gasteiger partial charge in [-0.15, -0.1) is 0 Å². The van der Waals surface area contributed by atoms with Gasteiger partial charge in [0.05, 0.1) is 0 Å². The highest BCUT2D eigenvalue weighted by Gasteiger charge is 2.03. The summed E-state index contributed by atoms with van der Waals surface area (Å²) in [5.41, 5.74) is 15.3. The lowest BCUT2D eigenvalue weighted by Gasteiger charge is -2.03. The zero-order chi connectivity index (χ0) is 8.85. The molecule has 7 N–H and O–H groups in total. The molecule has 0 aliphatic rings. The number of rotatable bonds is 4. The smallest absolute Gasteiger partial charge is 0.303 e. The van der Waals surface area contributed by atoms with Gasteiger partial charge in [-0.1, -0.05) is 0 Å². The number of guanidine groups is 1. The van der Waals surface area contributed by atoms with E-state index in [9.17, 15) is 4.79 Å². The minimum absolute atomic E-state index is 0.0298. The van der Waals surface area contributed by atoms with Crippen molar-refractivity contribution in [1.29, 1.82) is 0 Å². The van der Waals surface area contributed by atoms with Crippen molar-refractivity contribution in [2.45, 2.75) is 19.0 Å². The Morgan fingerprint density at radius 1 is 1.55 bits per heavy atom. The average Bonchev–Trinajstić information content (AvgIpc) is 1.82. The highest BCUT2D eigenvalue weighted by Crippen LogP contribution is 1.94. The maximum Gasteiger partial charge on any atom is 0.303 e. The minimum atomic E-state index is -0.911. The lowest BCUT2D eigenvalue weighted by atomic mass is 10.3. The second-order valence-corrected chi connectivity index (χ2v) is 2.05. The van der Waals surface area contributed by atoms with Gasteiger partial charge in [-0.3, -0.25) is 4.79 Å². The van der Waals surface area contributed by atoms with E-state index in [4.69, 9.17) is 22.3 Å². The Bertz CT molecular complexity index is 164. The maximum absolute atomic E-state index is 10.0. The number of carboxylic acid groups (broad SMARTS) is 1. The van der Waals surface area contributed by atoms with Crippen molar-refractivity contribution in [3.63, 3.8) is 0 Å². The zero-order valence-electron chi connectivity index (χ0n) is 6.03. The van der Waals surface area contributed by atoms with E-state index in [1.165, 1.54) is 0 Å². The van der Waals surface area contributed by atoms with Crippen LogP contribution in [0.2, 0.25) is 0 Å². The van der Waals surface area contributed by atoms with E-state index in [2.05, 4.69) is 4.99 Å². The monoisotopic (exact) mass is 160 g/mol. The quantitative estimate of drug-likeness (QED) is 0.291. The molecule has 1 unspecified atom stereocenters. The van der Waals surface area contributed by atoms with Gasteiger partial charge in [-0.2, -0.15) is 0 Å². The molecule has 0 bridgehead atoms. The van der Waals surface area contributed by atoms with Crippen LogP contribution in [-0.2, 0) is 4.79 Å². The molecule has 0 fully saturated rings. The second-order valence-electron chi connectivity index (χ2n) is 2.05. The van der Waals surface area contributed by atoms with Crippen LogP contribution in [-0.4, -0.2) is 23.2 Å². The molecule has 0 saturated heterocycles. The van der Waals surface area contributed by atoms with E-state index in [1.54, 1.807) is 0 Å². The number of nitrogens with two attached hydrogens (primary N) is 3. The molecule has 0 aromatic rings. The van der Waals surface area contributed by atoms with Crippen LogP contribution in [0.5, 0.6) is 0 Å². The van der Waals surface area contributed by atoms with Crippen molar-refractivity contribution < 1.29 is 9.90 Å². The molecule has 0 rings (SSSR count). The van der Waals surface area contributed by atoms with Gasteiger partial charge in [0.25, 0.3) is 0 Å². The van der Waals surface area contributed by atoms with E-state index in [1.807, 2.05) is 0 Å². The first kappa shape index (κ1) is 9.70. The minimum Gasteiger partial charge on any atom is -0.481 e. The Labute approximate surface area is 64.1 Å². The van der Waals surface area contributed by atoms with Crippen LogP contribution in [0.15, 0.2) is 4.99 Å². The van der Waals surface area contributed by atoms with Crippen LogP contribution in [0.1, 0.15) is 12.8 Å². The highest BCUT2D eigenvalue weighted by molar-refractivity contribution is 5.75. The summed E-state index contributed by atoms with van der Waals surface area (Å²) in [6.45, 7) is 0. The number of carbonyl (C=O) groups is 1. The molecular formula is C5H12N4O2.